The van der Waals surface area contributed by atoms with Crippen LogP contribution in [-0.4, -0.2) is 24.8 Å². The minimum atomic E-state index is -0.177. The maximum Gasteiger partial charge on any atom is 0.302 e. The van der Waals surface area contributed by atoms with Crippen molar-refractivity contribution >= 4 is 5.97 Å². The standard InChI is InChI=1S/C10H16O3/c1-7(11)12-6-5-8-3-2-4-9-10(8)13-9/h8-10H,2-6H2,1H3/t8?,9-,10+/m1/s1. The van der Waals surface area contributed by atoms with Gasteiger partial charge in [-0.1, -0.05) is 6.42 Å². The lowest BCUT2D eigenvalue weighted by Gasteiger charge is -2.17. The fourth-order valence-electron chi connectivity index (χ4n) is 2.21. The summed E-state index contributed by atoms with van der Waals surface area (Å²) in [5, 5.41) is 0. The Kier molecular flexibility index (Phi) is 2.54. The van der Waals surface area contributed by atoms with Gasteiger partial charge < -0.3 is 9.47 Å². The van der Waals surface area contributed by atoms with Gasteiger partial charge in [0.25, 0.3) is 0 Å². The molecular weight excluding hydrogens is 168 g/mol. The van der Waals surface area contributed by atoms with E-state index in [1.165, 1.54) is 26.2 Å². The summed E-state index contributed by atoms with van der Waals surface area (Å²) in [5.74, 6) is 0.460. The fraction of sp³-hybridized carbons (Fsp3) is 0.900. The van der Waals surface area contributed by atoms with Gasteiger partial charge in [0.05, 0.1) is 18.8 Å². The molecule has 0 spiro atoms. The van der Waals surface area contributed by atoms with E-state index in [-0.39, 0.29) is 5.97 Å². The second-order valence-corrected chi connectivity index (χ2v) is 3.96. The first kappa shape index (κ1) is 9.00. The predicted molar refractivity (Wildman–Crippen MR) is 47.3 cm³/mol. The van der Waals surface area contributed by atoms with E-state index < -0.39 is 0 Å². The highest BCUT2D eigenvalue weighted by Gasteiger charge is 2.46. The number of fused-ring (bicyclic) bond motifs is 1. The van der Waals surface area contributed by atoms with Gasteiger partial charge in [0.15, 0.2) is 0 Å². The molecule has 0 aromatic rings. The lowest BCUT2D eigenvalue weighted by Crippen LogP contribution is -2.18. The Morgan fingerprint density at radius 1 is 1.54 bits per heavy atom. The summed E-state index contributed by atoms with van der Waals surface area (Å²) in [6.07, 6.45) is 5.74. The zero-order valence-corrected chi connectivity index (χ0v) is 7.99. The molecule has 2 fully saturated rings. The van der Waals surface area contributed by atoms with Gasteiger partial charge >= 0.3 is 5.97 Å². The second kappa shape index (κ2) is 3.66. The van der Waals surface area contributed by atoms with Gasteiger partial charge in [-0.15, -0.1) is 0 Å². The van der Waals surface area contributed by atoms with Gasteiger partial charge in [-0.3, -0.25) is 4.79 Å². The van der Waals surface area contributed by atoms with Crippen LogP contribution in [0.25, 0.3) is 0 Å². The Bertz CT molecular complexity index is 202. The number of hydrogen-bond donors (Lipinski definition) is 0. The van der Waals surface area contributed by atoms with E-state index in [0.29, 0.717) is 24.7 Å². The molecule has 0 N–H and O–H groups in total. The molecule has 13 heavy (non-hydrogen) atoms. The predicted octanol–water partition coefficient (Wildman–Crippen LogP) is 1.51. The van der Waals surface area contributed by atoms with Crippen molar-refractivity contribution in [2.24, 2.45) is 5.92 Å². The molecule has 74 valence electrons. The van der Waals surface area contributed by atoms with Gasteiger partial charge in [-0.2, -0.15) is 0 Å². The van der Waals surface area contributed by atoms with Crippen molar-refractivity contribution in [3.8, 4) is 0 Å². The number of rotatable bonds is 3. The van der Waals surface area contributed by atoms with Crippen LogP contribution in [0.3, 0.4) is 0 Å². The third-order valence-electron chi connectivity index (χ3n) is 2.94. The number of ether oxygens (including phenoxy) is 2. The highest BCUT2D eigenvalue weighted by Crippen LogP contribution is 2.41. The largest absolute Gasteiger partial charge is 0.466 e. The Hall–Kier alpha value is -0.570. The van der Waals surface area contributed by atoms with Gasteiger partial charge in [0, 0.05) is 6.92 Å². The average Bonchev–Trinajstić information content (AvgIpc) is 2.82. The molecule has 0 bridgehead atoms. The molecule has 0 aromatic heterocycles. The SMILES string of the molecule is CC(=O)OCCC1CCC[C@H]2O[C@@H]12. The first-order valence-electron chi connectivity index (χ1n) is 5.06. The van der Waals surface area contributed by atoms with Crippen LogP contribution in [0, 0.1) is 5.92 Å². The molecule has 0 aromatic carbocycles. The van der Waals surface area contributed by atoms with Crippen molar-refractivity contribution in [2.45, 2.75) is 44.8 Å². The lowest BCUT2D eigenvalue weighted by molar-refractivity contribution is -0.141. The molecular formula is C10H16O3. The van der Waals surface area contributed by atoms with E-state index in [0.717, 1.165) is 6.42 Å². The highest BCUT2D eigenvalue weighted by molar-refractivity contribution is 5.65. The molecule has 3 nitrogen and oxygen atoms in total. The second-order valence-electron chi connectivity index (χ2n) is 3.96. The van der Waals surface area contributed by atoms with Crippen molar-refractivity contribution in [1.29, 1.82) is 0 Å². The smallest absolute Gasteiger partial charge is 0.302 e. The number of hydrogen-bond acceptors (Lipinski definition) is 3. The third kappa shape index (κ3) is 2.21. The van der Waals surface area contributed by atoms with Crippen LogP contribution in [0.15, 0.2) is 0 Å². The van der Waals surface area contributed by atoms with Crippen LogP contribution in [0.1, 0.15) is 32.6 Å². The van der Waals surface area contributed by atoms with Gasteiger partial charge in [-0.05, 0) is 25.2 Å². The van der Waals surface area contributed by atoms with Gasteiger partial charge in [-0.25, -0.2) is 0 Å². The van der Waals surface area contributed by atoms with Crippen LogP contribution >= 0.6 is 0 Å². The highest BCUT2D eigenvalue weighted by atomic mass is 16.6. The zero-order chi connectivity index (χ0) is 9.26. The minimum absolute atomic E-state index is 0.177. The Morgan fingerprint density at radius 2 is 2.38 bits per heavy atom. The monoisotopic (exact) mass is 184 g/mol. The Morgan fingerprint density at radius 3 is 3.15 bits per heavy atom. The molecule has 1 aliphatic carbocycles. The lowest BCUT2D eigenvalue weighted by atomic mass is 9.87. The molecule has 2 rings (SSSR count). The summed E-state index contributed by atoms with van der Waals surface area (Å²) in [6, 6.07) is 0. The zero-order valence-electron chi connectivity index (χ0n) is 7.99. The molecule has 1 saturated heterocycles. The summed E-state index contributed by atoms with van der Waals surface area (Å²) in [5.41, 5.74) is 0. The fourth-order valence-corrected chi connectivity index (χ4v) is 2.21. The first-order chi connectivity index (χ1) is 6.27. The Balaban J connectivity index is 1.66. The normalized spacial score (nSPS) is 36.5. The van der Waals surface area contributed by atoms with Crippen molar-refractivity contribution < 1.29 is 14.3 Å². The number of epoxide rings is 1. The summed E-state index contributed by atoms with van der Waals surface area (Å²) >= 11 is 0. The molecule has 1 heterocycles. The Labute approximate surface area is 78.4 Å². The molecule has 1 saturated carbocycles. The van der Waals surface area contributed by atoms with Crippen LogP contribution in [0.4, 0.5) is 0 Å². The molecule has 0 radical (unpaired) electrons. The van der Waals surface area contributed by atoms with Crippen LogP contribution in [0.5, 0.6) is 0 Å². The minimum Gasteiger partial charge on any atom is -0.466 e. The van der Waals surface area contributed by atoms with Crippen molar-refractivity contribution in [2.75, 3.05) is 6.61 Å². The van der Waals surface area contributed by atoms with E-state index in [1.807, 2.05) is 0 Å². The summed E-state index contributed by atoms with van der Waals surface area (Å²) in [4.78, 5) is 10.5. The van der Waals surface area contributed by atoms with E-state index in [2.05, 4.69) is 0 Å². The average molecular weight is 184 g/mol. The summed E-state index contributed by atoms with van der Waals surface area (Å²) in [6.45, 7) is 2.02. The third-order valence-corrected chi connectivity index (χ3v) is 2.94. The van der Waals surface area contributed by atoms with Crippen molar-refractivity contribution in [3.05, 3.63) is 0 Å². The summed E-state index contributed by atoms with van der Waals surface area (Å²) in [7, 11) is 0. The van der Waals surface area contributed by atoms with E-state index in [4.69, 9.17) is 9.47 Å². The molecule has 3 heteroatoms. The number of esters is 1. The first-order valence-corrected chi connectivity index (χ1v) is 5.06. The maximum absolute atomic E-state index is 10.5. The van der Waals surface area contributed by atoms with E-state index in [1.54, 1.807) is 0 Å². The molecule has 2 aliphatic rings. The van der Waals surface area contributed by atoms with Crippen molar-refractivity contribution in [3.63, 3.8) is 0 Å². The number of carbonyl (C=O) groups excluding carboxylic acids is 1. The van der Waals surface area contributed by atoms with Gasteiger partial charge in [0.1, 0.15) is 0 Å². The number of carbonyl (C=O) groups is 1. The van der Waals surface area contributed by atoms with Crippen molar-refractivity contribution in [1.82, 2.24) is 0 Å². The van der Waals surface area contributed by atoms with E-state index >= 15 is 0 Å². The van der Waals surface area contributed by atoms with Gasteiger partial charge in [0.2, 0.25) is 0 Å². The molecule has 3 atom stereocenters. The maximum atomic E-state index is 10.5. The summed E-state index contributed by atoms with van der Waals surface area (Å²) < 4.78 is 10.4. The quantitative estimate of drug-likeness (QED) is 0.493. The molecule has 0 amide bonds. The van der Waals surface area contributed by atoms with Crippen LogP contribution in [0.2, 0.25) is 0 Å². The van der Waals surface area contributed by atoms with E-state index in [9.17, 15) is 4.79 Å². The molecule has 1 aliphatic heterocycles. The molecule has 1 unspecified atom stereocenters. The van der Waals surface area contributed by atoms with Crippen LogP contribution in [-0.2, 0) is 14.3 Å². The topological polar surface area (TPSA) is 38.8 Å². The van der Waals surface area contributed by atoms with Crippen LogP contribution < -0.4 is 0 Å².